The lowest BCUT2D eigenvalue weighted by Gasteiger charge is -2.30. The number of hydrogen-bond donors (Lipinski definition) is 0. The minimum absolute atomic E-state index is 0.292. The summed E-state index contributed by atoms with van der Waals surface area (Å²) in [5.74, 6) is 1.17. The summed E-state index contributed by atoms with van der Waals surface area (Å²) in [6.07, 6.45) is 0. The third-order valence-corrected chi connectivity index (χ3v) is 4.47. The van der Waals surface area contributed by atoms with E-state index in [2.05, 4.69) is 17.0 Å². The average molecular weight is 354 g/mol. The second-order valence-corrected chi connectivity index (χ2v) is 6.11. The highest BCUT2D eigenvalue weighted by molar-refractivity contribution is 6.31. The van der Waals surface area contributed by atoms with Crippen LogP contribution in [-0.4, -0.2) is 26.3 Å². The summed E-state index contributed by atoms with van der Waals surface area (Å²) >= 11 is 6.07. The summed E-state index contributed by atoms with van der Waals surface area (Å²) in [6.45, 7) is 4.53. The standard InChI is InChI=1S/C19H16ClN3O2/c1-13-8-16(2-3-17(13)20)25-19-10-15(12-22)14(11-21)9-18(19)23-4-6-24-7-5-23/h2-3,8-10H,4-7H2,1H3. The molecule has 0 unspecified atom stereocenters. The molecule has 2 aromatic rings. The van der Waals surface area contributed by atoms with Gasteiger partial charge in [-0.2, -0.15) is 10.5 Å². The number of hydrogen-bond acceptors (Lipinski definition) is 5. The molecule has 0 atom stereocenters. The Morgan fingerprint density at radius 3 is 2.40 bits per heavy atom. The van der Waals surface area contributed by atoms with Gasteiger partial charge in [-0.15, -0.1) is 0 Å². The molecule has 1 aliphatic rings. The van der Waals surface area contributed by atoms with Crippen LogP contribution in [0.5, 0.6) is 11.5 Å². The first-order chi connectivity index (χ1) is 12.1. The highest BCUT2D eigenvalue weighted by atomic mass is 35.5. The normalized spacial score (nSPS) is 13.8. The van der Waals surface area contributed by atoms with Crippen molar-refractivity contribution in [1.82, 2.24) is 0 Å². The maximum absolute atomic E-state index is 9.32. The van der Waals surface area contributed by atoms with Crippen molar-refractivity contribution < 1.29 is 9.47 Å². The van der Waals surface area contributed by atoms with E-state index in [4.69, 9.17) is 21.1 Å². The molecule has 0 aliphatic carbocycles. The molecule has 1 saturated heterocycles. The van der Waals surface area contributed by atoms with Gasteiger partial charge >= 0.3 is 0 Å². The Kier molecular flexibility index (Phi) is 5.09. The summed E-state index contributed by atoms with van der Waals surface area (Å²) in [5, 5.41) is 19.3. The molecule has 2 aromatic carbocycles. The van der Waals surface area contributed by atoms with Gasteiger partial charge in [-0.05, 0) is 36.8 Å². The molecule has 6 heteroatoms. The Bertz CT molecular complexity index is 877. The molecule has 0 amide bonds. The SMILES string of the molecule is Cc1cc(Oc2cc(C#N)c(C#N)cc2N2CCOCC2)ccc1Cl. The van der Waals surface area contributed by atoms with Gasteiger partial charge in [0.1, 0.15) is 17.9 Å². The molecule has 25 heavy (non-hydrogen) atoms. The van der Waals surface area contributed by atoms with E-state index in [1.165, 1.54) is 0 Å². The summed E-state index contributed by atoms with van der Waals surface area (Å²) < 4.78 is 11.4. The zero-order valence-electron chi connectivity index (χ0n) is 13.8. The summed E-state index contributed by atoms with van der Waals surface area (Å²) in [7, 11) is 0. The van der Waals surface area contributed by atoms with E-state index in [9.17, 15) is 10.5 Å². The zero-order valence-corrected chi connectivity index (χ0v) is 14.5. The van der Waals surface area contributed by atoms with Crippen LogP contribution in [0.25, 0.3) is 0 Å². The van der Waals surface area contributed by atoms with Gasteiger partial charge in [0.25, 0.3) is 0 Å². The molecular weight excluding hydrogens is 338 g/mol. The van der Waals surface area contributed by atoms with Crippen LogP contribution >= 0.6 is 11.6 Å². The molecule has 0 saturated carbocycles. The van der Waals surface area contributed by atoms with Gasteiger partial charge < -0.3 is 14.4 Å². The third kappa shape index (κ3) is 3.69. The Morgan fingerprint density at radius 1 is 1.08 bits per heavy atom. The molecule has 0 spiro atoms. The molecule has 0 radical (unpaired) electrons. The quantitative estimate of drug-likeness (QED) is 0.833. The van der Waals surface area contributed by atoms with Crippen LogP contribution < -0.4 is 9.64 Å². The fraction of sp³-hybridized carbons (Fsp3) is 0.263. The number of anilines is 1. The lowest BCUT2D eigenvalue weighted by Crippen LogP contribution is -2.36. The van der Waals surface area contributed by atoms with E-state index < -0.39 is 0 Å². The first-order valence-corrected chi connectivity index (χ1v) is 8.25. The first-order valence-electron chi connectivity index (χ1n) is 7.87. The van der Waals surface area contributed by atoms with E-state index in [-0.39, 0.29) is 0 Å². The minimum Gasteiger partial charge on any atom is -0.455 e. The summed E-state index contributed by atoms with van der Waals surface area (Å²) in [6, 6.07) is 12.9. The number of ether oxygens (including phenoxy) is 2. The van der Waals surface area contributed by atoms with E-state index in [0.29, 0.717) is 54.0 Å². The number of nitrogens with zero attached hydrogens (tertiary/aromatic N) is 3. The molecule has 0 N–H and O–H groups in total. The first kappa shape index (κ1) is 17.1. The summed E-state index contributed by atoms with van der Waals surface area (Å²) in [5.41, 5.74) is 2.32. The predicted molar refractivity (Wildman–Crippen MR) is 95.2 cm³/mol. The minimum atomic E-state index is 0.292. The van der Waals surface area contributed by atoms with Crippen molar-refractivity contribution >= 4 is 17.3 Å². The average Bonchev–Trinajstić information content (AvgIpc) is 2.65. The van der Waals surface area contributed by atoms with Gasteiger partial charge in [-0.3, -0.25) is 0 Å². The Hall–Kier alpha value is -2.73. The molecule has 1 heterocycles. The Balaban J connectivity index is 2.04. The number of aryl methyl sites for hydroxylation is 1. The highest BCUT2D eigenvalue weighted by Gasteiger charge is 2.19. The molecule has 1 aliphatic heterocycles. The van der Waals surface area contributed by atoms with Crippen LogP contribution in [0.3, 0.4) is 0 Å². The second-order valence-electron chi connectivity index (χ2n) is 5.70. The Morgan fingerprint density at radius 2 is 1.76 bits per heavy atom. The van der Waals surface area contributed by atoms with Gasteiger partial charge in [0.15, 0.2) is 5.75 Å². The third-order valence-electron chi connectivity index (χ3n) is 4.05. The number of nitriles is 2. The van der Waals surface area contributed by atoms with Crippen LogP contribution in [0.4, 0.5) is 5.69 Å². The Labute approximate surface area is 151 Å². The zero-order chi connectivity index (χ0) is 17.8. The van der Waals surface area contributed by atoms with Crippen LogP contribution in [0.2, 0.25) is 5.02 Å². The lowest BCUT2D eigenvalue weighted by atomic mass is 10.1. The monoisotopic (exact) mass is 353 g/mol. The van der Waals surface area contributed by atoms with Crippen molar-refractivity contribution in [3.05, 3.63) is 52.0 Å². The van der Waals surface area contributed by atoms with Gasteiger partial charge in [-0.25, -0.2) is 0 Å². The van der Waals surface area contributed by atoms with E-state index >= 15 is 0 Å². The van der Waals surface area contributed by atoms with Crippen LogP contribution in [0.15, 0.2) is 30.3 Å². The van der Waals surface area contributed by atoms with Crippen LogP contribution in [0.1, 0.15) is 16.7 Å². The largest absolute Gasteiger partial charge is 0.455 e. The molecule has 3 rings (SSSR count). The van der Waals surface area contributed by atoms with E-state index in [1.807, 2.05) is 13.0 Å². The molecule has 5 nitrogen and oxygen atoms in total. The summed E-state index contributed by atoms with van der Waals surface area (Å²) in [4.78, 5) is 2.10. The van der Waals surface area contributed by atoms with Crippen molar-refractivity contribution in [3.63, 3.8) is 0 Å². The van der Waals surface area contributed by atoms with Gasteiger partial charge in [0.05, 0.1) is 30.0 Å². The fourth-order valence-electron chi connectivity index (χ4n) is 2.69. The maximum atomic E-state index is 9.32. The smallest absolute Gasteiger partial charge is 0.152 e. The number of benzene rings is 2. The van der Waals surface area contributed by atoms with Gasteiger partial charge in [0, 0.05) is 24.2 Å². The van der Waals surface area contributed by atoms with Crippen molar-refractivity contribution in [2.24, 2.45) is 0 Å². The molecular formula is C19H16ClN3O2. The van der Waals surface area contributed by atoms with Gasteiger partial charge in [-0.1, -0.05) is 11.6 Å². The molecule has 0 bridgehead atoms. The van der Waals surface area contributed by atoms with Crippen LogP contribution in [-0.2, 0) is 4.74 Å². The number of rotatable bonds is 3. The maximum Gasteiger partial charge on any atom is 0.152 e. The molecule has 0 aromatic heterocycles. The van der Waals surface area contributed by atoms with Crippen molar-refractivity contribution in [1.29, 1.82) is 10.5 Å². The fourth-order valence-corrected chi connectivity index (χ4v) is 2.81. The van der Waals surface area contributed by atoms with E-state index in [0.717, 1.165) is 11.3 Å². The highest BCUT2D eigenvalue weighted by Crippen LogP contribution is 2.36. The molecule has 1 fully saturated rings. The number of morpholine rings is 1. The van der Waals surface area contributed by atoms with Crippen molar-refractivity contribution in [2.45, 2.75) is 6.92 Å². The predicted octanol–water partition coefficient (Wildman–Crippen LogP) is 4.02. The van der Waals surface area contributed by atoms with E-state index in [1.54, 1.807) is 24.3 Å². The molecule has 126 valence electrons. The second kappa shape index (κ2) is 7.44. The van der Waals surface area contributed by atoms with Gasteiger partial charge in [0.2, 0.25) is 0 Å². The topological polar surface area (TPSA) is 69.3 Å². The van der Waals surface area contributed by atoms with Crippen molar-refractivity contribution in [2.75, 3.05) is 31.2 Å². The van der Waals surface area contributed by atoms with Crippen molar-refractivity contribution in [3.8, 4) is 23.6 Å². The van der Waals surface area contributed by atoms with Crippen LogP contribution in [0, 0.1) is 29.6 Å². The number of halogens is 1. The lowest BCUT2D eigenvalue weighted by molar-refractivity contribution is 0.122.